The maximum absolute atomic E-state index is 13.2. The largest absolute Gasteiger partial charge is 0.480 e. The maximum atomic E-state index is 13.2. The molecule has 0 saturated heterocycles. The molecule has 37 heavy (non-hydrogen) atoms. The van der Waals surface area contributed by atoms with E-state index in [9.17, 15) is 29.1 Å². The third-order valence-corrected chi connectivity index (χ3v) is 6.12. The van der Waals surface area contributed by atoms with Gasteiger partial charge in [0.1, 0.15) is 17.6 Å². The monoisotopic (exact) mass is 509 g/mol. The lowest BCUT2D eigenvalue weighted by molar-refractivity contribution is -0.147. The van der Waals surface area contributed by atoms with Crippen molar-refractivity contribution in [1.29, 1.82) is 0 Å². The van der Waals surface area contributed by atoms with Crippen LogP contribution in [0, 0.1) is 5.92 Å². The number of Topliss-reactive ketones (excluding diaryl/α,β-unsaturated/α-hetero) is 1. The molecule has 3 amide bonds. The Morgan fingerprint density at radius 3 is 1.92 bits per heavy atom. The van der Waals surface area contributed by atoms with Crippen LogP contribution in [0.3, 0.4) is 0 Å². The predicted molar refractivity (Wildman–Crippen MR) is 138 cm³/mol. The van der Waals surface area contributed by atoms with Crippen LogP contribution in [-0.2, 0) is 36.8 Å². The molecule has 0 fully saturated rings. The molecule has 198 valence electrons. The molecular formula is C28H35N3O6. The van der Waals surface area contributed by atoms with Crippen LogP contribution in [0.1, 0.15) is 45.2 Å². The molecule has 0 bridgehead atoms. The van der Waals surface area contributed by atoms with Crippen LogP contribution in [0.5, 0.6) is 0 Å². The number of carboxylic acids is 1. The van der Waals surface area contributed by atoms with Crippen molar-refractivity contribution in [1.82, 2.24) is 16.0 Å². The van der Waals surface area contributed by atoms with E-state index in [1.165, 1.54) is 13.8 Å². The quantitative estimate of drug-likeness (QED) is 0.305. The molecule has 0 radical (unpaired) electrons. The number of aliphatic carboxylic acids is 1. The van der Waals surface area contributed by atoms with Crippen molar-refractivity contribution < 1.29 is 29.1 Å². The summed E-state index contributed by atoms with van der Waals surface area (Å²) in [6, 6.07) is 15.7. The predicted octanol–water partition coefficient (Wildman–Crippen LogP) is 2.04. The molecule has 1 unspecified atom stereocenters. The van der Waals surface area contributed by atoms with Gasteiger partial charge in [-0.2, -0.15) is 0 Å². The fraction of sp³-hybridized carbons (Fsp3) is 0.393. The summed E-state index contributed by atoms with van der Waals surface area (Å²) in [5, 5.41) is 16.9. The molecule has 2 aromatic rings. The fourth-order valence-corrected chi connectivity index (χ4v) is 3.60. The average Bonchev–Trinajstić information content (AvgIpc) is 2.86. The van der Waals surface area contributed by atoms with E-state index in [2.05, 4.69) is 16.0 Å². The number of benzene rings is 2. The molecule has 3 atom stereocenters. The molecule has 4 N–H and O–H groups in total. The highest BCUT2D eigenvalue weighted by molar-refractivity contribution is 6.38. The van der Waals surface area contributed by atoms with Crippen LogP contribution < -0.4 is 16.0 Å². The number of hydrogen-bond acceptors (Lipinski definition) is 5. The fourth-order valence-electron chi connectivity index (χ4n) is 3.60. The molecule has 2 aromatic carbocycles. The van der Waals surface area contributed by atoms with Crippen molar-refractivity contribution in [3.05, 3.63) is 71.8 Å². The van der Waals surface area contributed by atoms with Gasteiger partial charge in [-0.25, -0.2) is 4.79 Å². The molecule has 0 heterocycles. The van der Waals surface area contributed by atoms with Gasteiger partial charge in [0.2, 0.25) is 17.6 Å². The van der Waals surface area contributed by atoms with Gasteiger partial charge in [0.15, 0.2) is 0 Å². The smallest absolute Gasteiger partial charge is 0.328 e. The first-order valence-corrected chi connectivity index (χ1v) is 12.2. The van der Waals surface area contributed by atoms with Crippen LogP contribution in [0.25, 0.3) is 0 Å². The summed E-state index contributed by atoms with van der Waals surface area (Å²) in [6.45, 7) is 6.17. The van der Waals surface area contributed by atoms with Crippen molar-refractivity contribution in [2.45, 2.75) is 64.6 Å². The Bertz CT molecular complexity index is 1100. The van der Waals surface area contributed by atoms with E-state index in [0.29, 0.717) is 6.42 Å². The standard InChI is InChI=1S/C28H35N3O6/c1-5-18(2)23(25(34)31-28(3,4)27(36)37)30-26(35)24(33)21(16-19-12-8-6-9-13-19)29-22(32)17-20-14-10-7-11-15-20/h6-15,18,21,23H,5,16-17H2,1-4H3,(H,29,32)(H,30,35)(H,31,34)(H,36,37)/t18-,21?,23-/m0/s1. The van der Waals surface area contributed by atoms with Crippen LogP contribution in [-0.4, -0.2) is 52.2 Å². The number of carbonyl (C=O) groups excluding carboxylic acids is 4. The Hall–Kier alpha value is -4.01. The number of carbonyl (C=O) groups is 5. The van der Waals surface area contributed by atoms with Gasteiger partial charge in [0, 0.05) is 6.42 Å². The van der Waals surface area contributed by atoms with Crippen LogP contribution in [0.4, 0.5) is 0 Å². The molecule has 0 aliphatic rings. The zero-order valence-electron chi connectivity index (χ0n) is 21.6. The van der Waals surface area contributed by atoms with Crippen molar-refractivity contribution in [3.8, 4) is 0 Å². The van der Waals surface area contributed by atoms with Crippen LogP contribution >= 0.6 is 0 Å². The summed E-state index contributed by atoms with van der Waals surface area (Å²) in [5.74, 6) is -4.70. The summed E-state index contributed by atoms with van der Waals surface area (Å²) in [6.07, 6.45) is 0.602. The van der Waals surface area contributed by atoms with E-state index in [1.807, 2.05) is 19.1 Å². The average molecular weight is 510 g/mol. The highest BCUT2D eigenvalue weighted by Gasteiger charge is 2.36. The van der Waals surface area contributed by atoms with Gasteiger partial charge in [0.05, 0.1) is 6.42 Å². The maximum Gasteiger partial charge on any atom is 0.328 e. The topological polar surface area (TPSA) is 142 Å². The molecular weight excluding hydrogens is 474 g/mol. The summed E-state index contributed by atoms with van der Waals surface area (Å²) < 4.78 is 0. The Labute approximate surface area is 217 Å². The zero-order chi connectivity index (χ0) is 27.6. The van der Waals surface area contributed by atoms with E-state index in [-0.39, 0.29) is 18.8 Å². The van der Waals surface area contributed by atoms with Gasteiger partial charge in [-0.3, -0.25) is 19.2 Å². The first kappa shape index (κ1) is 29.2. The van der Waals surface area contributed by atoms with Crippen LogP contribution in [0.2, 0.25) is 0 Å². The normalized spacial score (nSPS) is 13.5. The molecule has 0 spiro atoms. The SMILES string of the molecule is CC[C@H](C)[C@H](NC(=O)C(=O)C(Cc1ccccc1)NC(=O)Cc1ccccc1)C(=O)NC(C)(C)C(=O)O. The zero-order valence-corrected chi connectivity index (χ0v) is 21.6. The first-order valence-electron chi connectivity index (χ1n) is 12.2. The Morgan fingerprint density at radius 1 is 0.865 bits per heavy atom. The minimum Gasteiger partial charge on any atom is -0.480 e. The summed E-state index contributed by atoms with van der Waals surface area (Å²) in [4.78, 5) is 63.4. The van der Waals surface area contributed by atoms with Gasteiger partial charge < -0.3 is 21.1 Å². The van der Waals surface area contributed by atoms with E-state index >= 15 is 0 Å². The van der Waals surface area contributed by atoms with Crippen molar-refractivity contribution in [2.75, 3.05) is 0 Å². The van der Waals surface area contributed by atoms with E-state index in [0.717, 1.165) is 11.1 Å². The number of carboxylic acid groups (broad SMARTS) is 1. The minimum absolute atomic E-state index is 0.0310. The Morgan fingerprint density at radius 2 is 1.41 bits per heavy atom. The number of nitrogens with one attached hydrogen (secondary N) is 3. The Kier molecular flexibility index (Phi) is 10.5. The number of ketones is 1. The summed E-state index contributed by atoms with van der Waals surface area (Å²) >= 11 is 0. The van der Waals surface area contributed by atoms with Gasteiger partial charge in [0.25, 0.3) is 5.91 Å². The highest BCUT2D eigenvalue weighted by Crippen LogP contribution is 2.12. The van der Waals surface area contributed by atoms with Gasteiger partial charge in [-0.1, -0.05) is 80.9 Å². The van der Waals surface area contributed by atoms with Gasteiger partial charge in [-0.15, -0.1) is 0 Å². The molecule has 0 aliphatic carbocycles. The number of hydrogen-bond donors (Lipinski definition) is 4. The van der Waals surface area contributed by atoms with Crippen molar-refractivity contribution in [2.24, 2.45) is 5.92 Å². The minimum atomic E-state index is -1.57. The number of amides is 3. The van der Waals surface area contributed by atoms with Crippen LogP contribution in [0.15, 0.2) is 60.7 Å². The molecule has 0 aromatic heterocycles. The van der Waals surface area contributed by atoms with Gasteiger partial charge in [-0.05, 0) is 30.9 Å². The molecule has 9 heteroatoms. The second kappa shape index (κ2) is 13.3. The molecule has 0 saturated carbocycles. The third-order valence-electron chi connectivity index (χ3n) is 6.12. The highest BCUT2D eigenvalue weighted by atomic mass is 16.4. The second-order valence-electron chi connectivity index (χ2n) is 9.59. The summed E-state index contributed by atoms with van der Waals surface area (Å²) in [7, 11) is 0. The number of rotatable bonds is 13. The van der Waals surface area contributed by atoms with Gasteiger partial charge >= 0.3 is 5.97 Å². The summed E-state index contributed by atoms with van der Waals surface area (Å²) in [5.41, 5.74) is -0.0725. The molecule has 0 aliphatic heterocycles. The lowest BCUT2D eigenvalue weighted by Crippen LogP contribution is -2.60. The van der Waals surface area contributed by atoms with Crippen molar-refractivity contribution >= 4 is 29.5 Å². The second-order valence-corrected chi connectivity index (χ2v) is 9.59. The van der Waals surface area contributed by atoms with E-state index < -0.39 is 47.1 Å². The third kappa shape index (κ3) is 8.86. The molecule has 9 nitrogen and oxygen atoms in total. The van der Waals surface area contributed by atoms with Crippen molar-refractivity contribution in [3.63, 3.8) is 0 Å². The lowest BCUT2D eigenvalue weighted by Gasteiger charge is -2.28. The van der Waals surface area contributed by atoms with E-state index in [4.69, 9.17) is 0 Å². The molecule has 2 rings (SSSR count). The Balaban J connectivity index is 2.22. The van der Waals surface area contributed by atoms with E-state index in [1.54, 1.807) is 55.5 Å². The first-order chi connectivity index (χ1) is 17.4. The lowest BCUT2D eigenvalue weighted by atomic mass is 9.95.